The number of fused-ring (bicyclic) bond motifs is 1. The number of hydrogen-bond donors (Lipinski definition) is 2. The monoisotopic (exact) mass is 472 g/mol. The van der Waals surface area contributed by atoms with Crippen molar-refractivity contribution in [3.63, 3.8) is 0 Å². The molecule has 2 aliphatic rings. The van der Waals surface area contributed by atoms with E-state index in [-0.39, 0.29) is 35.1 Å². The van der Waals surface area contributed by atoms with Gasteiger partial charge in [0.15, 0.2) is 5.78 Å². The molecule has 2 fully saturated rings. The van der Waals surface area contributed by atoms with Crippen LogP contribution in [0.3, 0.4) is 0 Å². The number of Topliss-reactive ketones (excluding diaryl/α,β-unsaturated/α-hetero) is 1. The van der Waals surface area contributed by atoms with Gasteiger partial charge < -0.3 is 4.90 Å². The molecule has 0 aromatic heterocycles. The molecule has 0 radical (unpaired) electrons. The zero-order chi connectivity index (χ0) is 18.3. The fraction of sp³-hybridized carbons (Fsp3) is 0.438. The maximum atomic E-state index is 12.5. The Hall–Kier alpha value is -1.29. The van der Waals surface area contributed by atoms with Crippen LogP contribution in [0.4, 0.5) is 4.79 Å². The molecule has 2 saturated heterocycles. The van der Waals surface area contributed by atoms with E-state index in [2.05, 4.69) is 42.5 Å². The number of urea groups is 1. The van der Waals surface area contributed by atoms with Crippen molar-refractivity contribution in [2.75, 3.05) is 14.1 Å². The largest absolute Gasteiger partial charge is 0.327 e. The number of halogens is 2. The SMILES string of the molecule is CN1C(=O)C2NC(CC(=O)c3ccc(Br)cc3)C(Br)NC2N(C)C1=O. The molecule has 4 atom stereocenters. The van der Waals surface area contributed by atoms with E-state index in [0.29, 0.717) is 5.56 Å². The molecular weight excluding hydrogens is 456 g/mol. The summed E-state index contributed by atoms with van der Waals surface area (Å²) in [6.45, 7) is 0. The number of imide groups is 1. The van der Waals surface area contributed by atoms with Crippen LogP contribution < -0.4 is 10.6 Å². The fourth-order valence-electron chi connectivity index (χ4n) is 3.10. The average Bonchev–Trinajstić information content (AvgIpc) is 2.60. The van der Waals surface area contributed by atoms with E-state index in [1.807, 2.05) is 12.1 Å². The molecule has 4 unspecified atom stereocenters. The second-order valence-corrected chi connectivity index (χ2v) is 8.09. The summed E-state index contributed by atoms with van der Waals surface area (Å²) >= 11 is 6.86. The van der Waals surface area contributed by atoms with Crippen molar-refractivity contribution < 1.29 is 14.4 Å². The lowest BCUT2D eigenvalue weighted by atomic mass is 9.98. The van der Waals surface area contributed by atoms with Crippen molar-refractivity contribution in [1.82, 2.24) is 20.4 Å². The number of rotatable bonds is 3. The van der Waals surface area contributed by atoms with E-state index in [4.69, 9.17) is 0 Å². The highest BCUT2D eigenvalue weighted by Gasteiger charge is 2.48. The van der Waals surface area contributed by atoms with Crippen LogP contribution in [-0.4, -0.2) is 64.8 Å². The molecule has 7 nitrogen and oxygen atoms in total. The third kappa shape index (κ3) is 3.51. The van der Waals surface area contributed by atoms with Crippen LogP contribution >= 0.6 is 31.9 Å². The predicted molar refractivity (Wildman–Crippen MR) is 99.4 cm³/mol. The highest BCUT2D eigenvalue weighted by atomic mass is 79.9. The summed E-state index contributed by atoms with van der Waals surface area (Å²) in [5, 5.41) is 6.44. The topological polar surface area (TPSA) is 81.8 Å². The molecule has 0 spiro atoms. The molecule has 1 aromatic carbocycles. The van der Waals surface area contributed by atoms with E-state index in [1.165, 1.54) is 11.9 Å². The van der Waals surface area contributed by atoms with E-state index >= 15 is 0 Å². The molecule has 3 amide bonds. The van der Waals surface area contributed by atoms with Crippen LogP contribution in [0.2, 0.25) is 0 Å². The van der Waals surface area contributed by atoms with Crippen LogP contribution in [0.1, 0.15) is 16.8 Å². The number of carbonyl (C=O) groups is 3. The van der Waals surface area contributed by atoms with Gasteiger partial charge >= 0.3 is 6.03 Å². The van der Waals surface area contributed by atoms with Crippen molar-refractivity contribution in [1.29, 1.82) is 0 Å². The number of ketones is 1. The minimum atomic E-state index is -0.593. The zero-order valence-electron chi connectivity index (χ0n) is 13.7. The number of alkyl halides is 1. The van der Waals surface area contributed by atoms with Gasteiger partial charge in [-0.05, 0) is 12.1 Å². The summed E-state index contributed by atoms with van der Waals surface area (Å²) in [5.41, 5.74) is 0.617. The lowest BCUT2D eigenvalue weighted by Gasteiger charge is -2.48. The lowest BCUT2D eigenvalue weighted by Crippen LogP contribution is -2.77. The van der Waals surface area contributed by atoms with E-state index in [9.17, 15) is 14.4 Å². The first-order valence-corrected chi connectivity index (χ1v) is 9.49. The Morgan fingerprint density at radius 3 is 2.44 bits per heavy atom. The van der Waals surface area contributed by atoms with E-state index in [1.54, 1.807) is 19.2 Å². The molecule has 9 heteroatoms. The number of piperazine rings is 1. The highest BCUT2D eigenvalue weighted by molar-refractivity contribution is 9.10. The first-order valence-electron chi connectivity index (χ1n) is 7.79. The van der Waals surface area contributed by atoms with Gasteiger partial charge in [-0.3, -0.25) is 25.1 Å². The Labute approximate surface area is 162 Å². The highest BCUT2D eigenvalue weighted by Crippen LogP contribution is 2.23. The minimum Gasteiger partial charge on any atom is -0.310 e. The normalized spacial score (nSPS) is 29.6. The third-order valence-electron chi connectivity index (χ3n) is 4.57. The second-order valence-electron chi connectivity index (χ2n) is 6.19. The van der Waals surface area contributed by atoms with E-state index in [0.717, 1.165) is 9.37 Å². The smallest absolute Gasteiger partial charge is 0.310 e. The third-order valence-corrected chi connectivity index (χ3v) is 6.00. The van der Waals surface area contributed by atoms with Gasteiger partial charge in [0.1, 0.15) is 12.2 Å². The molecule has 2 aliphatic heterocycles. The van der Waals surface area contributed by atoms with Crippen LogP contribution in [-0.2, 0) is 4.79 Å². The number of nitrogens with zero attached hydrogens (tertiary/aromatic N) is 2. The molecular formula is C16H18Br2N4O3. The van der Waals surface area contributed by atoms with Crippen molar-refractivity contribution in [2.45, 2.75) is 29.6 Å². The Balaban J connectivity index is 1.74. The molecule has 3 rings (SSSR count). The number of nitrogens with one attached hydrogen (secondary N) is 2. The molecule has 0 saturated carbocycles. The standard InChI is InChI=1S/C16H18Br2N4O3/c1-21-14-12(15(24)22(2)16(21)25)19-10(13(18)20-14)7-11(23)8-3-5-9(17)6-4-8/h3-6,10,12-14,19-20H,7H2,1-2H3. The van der Waals surface area contributed by atoms with Crippen molar-refractivity contribution in [3.05, 3.63) is 34.3 Å². The number of carbonyl (C=O) groups excluding carboxylic acids is 3. The summed E-state index contributed by atoms with van der Waals surface area (Å²) in [4.78, 5) is 39.3. The Morgan fingerprint density at radius 1 is 1.16 bits per heavy atom. The van der Waals surface area contributed by atoms with Crippen LogP contribution in [0, 0.1) is 0 Å². The quantitative estimate of drug-likeness (QED) is 0.395. The van der Waals surface area contributed by atoms with Gasteiger partial charge in [-0.2, -0.15) is 0 Å². The van der Waals surface area contributed by atoms with E-state index < -0.39 is 12.2 Å². The second kappa shape index (κ2) is 7.14. The fourth-order valence-corrected chi connectivity index (χ4v) is 3.97. The van der Waals surface area contributed by atoms with Gasteiger partial charge in [-0.25, -0.2) is 4.79 Å². The molecule has 1 aromatic rings. The number of amides is 3. The molecule has 134 valence electrons. The minimum absolute atomic E-state index is 0.0178. The van der Waals surface area contributed by atoms with Crippen LogP contribution in [0.5, 0.6) is 0 Å². The molecule has 0 bridgehead atoms. The molecule has 2 heterocycles. The molecule has 0 aliphatic carbocycles. The van der Waals surface area contributed by atoms with Crippen LogP contribution in [0.15, 0.2) is 28.7 Å². The summed E-state index contributed by atoms with van der Waals surface area (Å²) < 4.78 is 0.909. The maximum absolute atomic E-state index is 12.5. The number of likely N-dealkylation sites (N-methyl/N-ethyl adjacent to an activating group) is 2. The van der Waals surface area contributed by atoms with Crippen molar-refractivity contribution in [2.24, 2.45) is 0 Å². The average molecular weight is 474 g/mol. The first kappa shape index (κ1) is 18.5. The Kier molecular flexibility index (Phi) is 5.29. The first-order chi connectivity index (χ1) is 11.8. The van der Waals surface area contributed by atoms with Crippen molar-refractivity contribution in [3.8, 4) is 0 Å². The maximum Gasteiger partial charge on any atom is 0.327 e. The summed E-state index contributed by atoms with van der Waals surface area (Å²) in [7, 11) is 3.10. The predicted octanol–water partition coefficient (Wildman–Crippen LogP) is 1.52. The van der Waals surface area contributed by atoms with Gasteiger partial charge in [-0.15, -0.1) is 0 Å². The Bertz CT molecular complexity index is 712. The van der Waals surface area contributed by atoms with Gasteiger partial charge in [0.2, 0.25) is 0 Å². The summed E-state index contributed by atoms with van der Waals surface area (Å²) in [6, 6.07) is 5.94. The Morgan fingerprint density at radius 2 is 1.80 bits per heavy atom. The number of hydrogen-bond acceptors (Lipinski definition) is 5. The lowest BCUT2D eigenvalue weighted by molar-refractivity contribution is -0.136. The molecule has 2 N–H and O–H groups in total. The molecule has 25 heavy (non-hydrogen) atoms. The van der Waals surface area contributed by atoms with Crippen molar-refractivity contribution >= 4 is 49.6 Å². The summed E-state index contributed by atoms with van der Waals surface area (Å²) in [5.74, 6) is -0.322. The summed E-state index contributed by atoms with van der Waals surface area (Å²) in [6.07, 6.45) is -0.234. The van der Waals surface area contributed by atoms with Gasteiger partial charge in [0, 0.05) is 36.6 Å². The van der Waals surface area contributed by atoms with Gasteiger partial charge in [-0.1, -0.05) is 44.0 Å². The van der Waals surface area contributed by atoms with Gasteiger partial charge in [0.05, 0.1) is 4.95 Å². The number of benzene rings is 1. The zero-order valence-corrected chi connectivity index (χ0v) is 16.9. The van der Waals surface area contributed by atoms with Gasteiger partial charge in [0.25, 0.3) is 5.91 Å². The van der Waals surface area contributed by atoms with Crippen LogP contribution in [0.25, 0.3) is 0 Å².